The summed E-state index contributed by atoms with van der Waals surface area (Å²) in [7, 11) is 0. The van der Waals surface area contributed by atoms with Crippen LogP contribution in [0.15, 0.2) is 78.9 Å². The maximum atomic E-state index is 12.8. The highest BCUT2D eigenvalue weighted by Crippen LogP contribution is 2.24. The SMILES string of the molecule is CCOc1ccc(C=CC(=O)Nc2ccc(Cl)cc2C(=O)c2ccccc2)cc1. The van der Waals surface area contributed by atoms with Crippen molar-refractivity contribution in [2.45, 2.75) is 6.92 Å². The molecule has 0 unspecified atom stereocenters. The number of amides is 1. The lowest BCUT2D eigenvalue weighted by molar-refractivity contribution is -0.111. The van der Waals surface area contributed by atoms with E-state index in [9.17, 15) is 9.59 Å². The van der Waals surface area contributed by atoms with Gasteiger partial charge in [0.2, 0.25) is 5.91 Å². The molecule has 1 amide bonds. The van der Waals surface area contributed by atoms with Crippen molar-refractivity contribution in [2.75, 3.05) is 11.9 Å². The molecule has 0 spiro atoms. The Labute approximate surface area is 174 Å². The third-order valence-corrected chi connectivity index (χ3v) is 4.37. The maximum absolute atomic E-state index is 12.8. The molecule has 0 saturated carbocycles. The van der Waals surface area contributed by atoms with Gasteiger partial charge in [-0.05, 0) is 48.9 Å². The minimum Gasteiger partial charge on any atom is -0.494 e. The lowest BCUT2D eigenvalue weighted by atomic mass is 10.0. The van der Waals surface area contributed by atoms with Crippen LogP contribution >= 0.6 is 11.6 Å². The van der Waals surface area contributed by atoms with E-state index in [1.165, 1.54) is 6.08 Å². The van der Waals surface area contributed by atoms with Crippen molar-refractivity contribution < 1.29 is 14.3 Å². The molecular formula is C24H20ClNO3. The zero-order valence-electron chi connectivity index (χ0n) is 15.9. The second kappa shape index (κ2) is 9.71. The Balaban J connectivity index is 1.75. The van der Waals surface area contributed by atoms with Crippen LogP contribution in [0.3, 0.4) is 0 Å². The minimum absolute atomic E-state index is 0.209. The smallest absolute Gasteiger partial charge is 0.248 e. The van der Waals surface area contributed by atoms with Gasteiger partial charge in [-0.15, -0.1) is 0 Å². The second-order valence-electron chi connectivity index (χ2n) is 6.21. The van der Waals surface area contributed by atoms with Crippen molar-refractivity contribution in [3.05, 3.63) is 101 Å². The average molecular weight is 406 g/mol. The monoisotopic (exact) mass is 405 g/mol. The van der Waals surface area contributed by atoms with Crippen LogP contribution in [0.1, 0.15) is 28.4 Å². The van der Waals surface area contributed by atoms with E-state index in [4.69, 9.17) is 16.3 Å². The van der Waals surface area contributed by atoms with Gasteiger partial charge in [0, 0.05) is 22.2 Å². The Morgan fingerprint density at radius 2 is 1.72 bits per heavy atom. The summed E-state index contributed by atoms with van der Waals surface area (Å²) in [5, 5.41) is 3.18. The molecule has 0 saturated heterocycles. The number of nitrogens with one attached hydrogen (secondary N) is 1. The van der Waals surface area contributed by atoms with Crippen LogP contribution < -0.4 is 10.1 Å². The first-order valence-electron chi connectivity index (χ1n) is 9.18. The van der Waals surface area contributed by atoms with E-state index in [-0.39, 0.29) is 11.7 Å². The molecule has 0 aliphatic rings. The van der Waals surface area contributed by atoms with Gasteiger partial charge in [-0.1, -0.05) is 54.1 Å². The normalized spacial score (nSPS) is 10.7. The Morgan fingerprint density at radius 3 is 2.41 bits per heavy atom. The number of rotatable bonds is 7. The van der Waals surface area contributed by atoms with Gasteiger partial charge in [0.1, 0.15) is 5.75 Å². The van der Waals surface area contributed by atoms with Gasteiger partial charge in [0.25, 0.3) is 0 Å². The molecule has 0 aliphatic heterocycles. The summed E-state index contributed by atoms with van der Waals surface area (Å²) in [6.45, 7) is 2.52. The Hall–Kier alpha value is -3.37. The largest absolute Gasteiger partial charge is 0.494 e. The Morgan fingerprint density at radius 1 is 1.00 bits per heavy atom. The number of halogens is 1. The predicted molar refractivity (Wildman–Crippen MR) is 117 cm³/mol. The fourth-order valence-electron chi connectivity index (χ4n) is 2.75. The molecule has 146 valence electrons. The topological polar surface area (TPSA) is 55.4 Å². The van der Waals surface area contributed by atoms with Crippen LogP contribution in [0.2, 0.25) is 5.02 Å². The number of hydrogen-bond donors (Lipinski definition) is 1. The quantitative estimate of drug-likeness (QED) is 0.410. The summed E-state index contributed by atoms with van der Waals surface area (Å²) in [5.74, 6) is 0.224. The lowest BCUT2D eigenvalue weighted by Gasteiger charge is -2.10. The van der Waals surface area contributed by atoms with Crippen LogP contribution in [0.5, 0.6) is 5.75 Å². The van der Waals surface area contributed by atoms with Gasteiger partial charge in [0.15, 0.2) is 5.78 Å². The molecule has 3 aromatic carbocycles. The van der Waals surface area contributed by atoms with Crippen LogP contribution in [-0.2, 0) is 4.79 Å². The molecule has 0 aliphatic carbocycles. The van der Waals surface area contributed by atoms with Crippen molar-refractivity contribution in [1.29, 1.82) is 0 Å². The van der Waals surface area contributed by atoms with Gasteiger partial charge in [-0.3, -0.25) is 9.59 Å². The highest BCUT2D eigenvalue weighted by Gasteiger charge is 2.15. The van der Waals surface area contributed by atoms with E-state index in [0.717, 1.165) is 11.3 Å². The highest BCUT2D eigenvalue weighted by molar-refractivity contribution is 6.31. The standard InChI is InChI=1S/C24H20ClNO3/c1-2-29-20-12-8-17(9-13-20)10-15-23(27)26-22-14-11-19(25)16-21(22)24(28)18-6-4-3-5-7-18/h3-16H,2H2,1H3,(H,26,27). The first-order valence-corrected chi connectivity index (χ1v) is 9.56. The minimum atomic E-state index is -0.344. The molecule has 29 heavy (non-hydrogen) atoms. The molecule has 1 N–H and O–H groups in total. The third-order valence-electron chi connectivity index (χ3n) is 4.14. The summed E-state index contributed by atoms with van der Waals surface area (Å²) >= 11 is 6.07. The molecule has 0 bridgehead atoms. The zero-order valence-corrected chi connectivity index (χ0v) is 16.6. The summed E-state index contributed by atoms with van der Waals surface area (Å²) < 4.78 is 5.40. The molecule has 3 aromatic rings. The number of ether oxygens (including phenoxy) is 1. The molecule has 0 atom stereocenters. The first-order chi connectivity index (χ1) is 14.1. The van der Waals surface area contributed by atoms with E-state index < -0.39 is 0 Å². The van der Waals surface area contributed by atoms with Gasteiger partial charge >= 0.3 is 0 Å². The predicted octanol–water partition coefficient (Wildman–Crippen LogP) is 5.62. The van der Waals surface area contributed by atoms with Crippen molar-refractivity contribution >= 4 is 35.1 Å². The second-order valence-corrected chi connectivity index (χ2v) is 6.65. The van der Waals surface area contributed by atoms with Crippen LogP contribution in [0, 0.1) is 0 Å². The summed E-state index contributed by atoms with van der Waals surface area (Å²) in [6, 6.07) is 21.1. The van der Waals surface area contributed by atoms with E-state index in [2.05, 4.69) is 5.32 Å². The maximum Gasteiger partial charge on any atom is 0.248 e. The van der Waals surface area contributed by atoms with Gasteiger partial charge in [-0.2, -0.15) is 0 Å². The van der Waals surface area contributed by atoms with Crippen molar-refractivity contribution in [1.82, 2.24) is 0 Å². The van der Waals surface area contributed by atoms with E-state index >= 15 is 0 Å². The highest BCUT2D eigenvalue weighted by atomic mass is 35.5. The zero-order chi connectivity index (χ0) is 20.6. The average Bonchev–Trinajstić information content (AvgIpc) is 2.75. The Bertz CT molecular complexity index is 1030. The summed E-state index contributed by atoms with van der Waals surface area (Å²) in [6.07, 6.45) is 3.11. The van der Waals surface area contributed by atoms with Gasteiger partial charge < -0.3 is 10.1 Å². The van der Waals surface area contributed by atoms with Gasteiger partial charge in [-0.25, -0.2) is 0 Å². The number of ketones is 1. The van der Waals surface area contributed by atoms with Gasteiger partial charge in [0.05, 0.1) is 12.3 Å². The third kappa shape index (κ3) is 5.56. The molecule has 0 heterocycles. The summed E-state index contributed by atoms with van der Waals surface area (Å²) in [4.78, 5) is 25.2. The fraction of sp³-hybridized carbons (Fsp3) is 0.0833. The molecular weight excluding hydrogens is 386 g/mol. The van der Waals surface area contributed by atoms with E-state index in [0.29, 0.717) is 28.4 Å². The fourth-order valence-corrected chi connectivity index (χ4v) is 2.92. The van der Waals surface area contributed by atoms with Crippen molar-refractivity contribution in [2.24, 2.45) is 0 Å². The number of carbonyl (C=O) groups excluding carboxylic acids is 2. The number of anilines is 1. The summed E-state index contributed by atoms with van der Waals surface area (Å²) in [5.41, 5.74) is 2.13. The number of benzene rings is 3. The number of carbonyl (C=O) groups is 2. The van der Waals surface area contributed by atoms with E-state index in [1.54, 1.807) is 48.5 Å². The number of hydrogen-bond acceptors (Lipinski definition) is 3. The molecule has 5 heteroatoms. The van der Waals surface area contributed by atoms with Crippen LogP contribution in [0.25, 0.3) is 6.08 Å². The molecule has 4 nitrogen and oxygen atoms in total. The molecule has 0 fully saturated rings. The first kappa shape index (κ1) is 20.4. The molecule has 0 aromatic heterocycles. The van der Waals surface area contributed by atoms with Crippen molar-refractivity contribution in [3.8, 4) is 5.75 Å². The van der Waals surface area contributed by atoms with Crippen LogP contribution in [0.4, 0.5) is 5.69 Å². The van der Waals surface area contributed by atoms with Crippen LogP contribution in [-0.4, -0.2) is 18.3 Å². The van der Waals surface area contributed by atoms with Crippen molar-refractivity contribution in [3.63, 3.8) is 0 Å². The molecule has 0 radical (unpaired) electrons. The molecule has 3 rings (SSSR count). The van der Waals surface area contributed by atoms with E-state index in [1.807, 2.05) is 37.3 Å². The lowest BCUT2D eigenvalue weighted by Crippen LogP contribution is -2.12. The Kier molecular flexibility index (Phi) is 6.82.